The molecule has 3 aromatic carbocycles. The third-order valence-corrected chi connectivity index (χ3v) is 5.26. The van der Waals surface area contributed by atoms with Crippen molar-refractivity contribution >= 4 is 21.5 Å². The Labute approximate surface area is 150 Å². The van der Waals surface area contributed by atoms with E-state index in [0.717, 1.165) is 22.5 Å². The first-order chi connectivity index (χ1) is 12.9. The summed E-state index contributed by atoms with van der Waals surface area (Å²) in [4.78, 5) is 9.69. The van der Waals surface area contributed by atoms with Crippen LogP contribution < -0.4 is 0 Å². The minimum absolute atomic E-state index is 0.922. The molecule has 26 heavy (non-hydrogen) atoms. The van der Waals surface area contributed by atoms with E-state index in [1.165, 1.54) is 32.8 Å². The van der Waals surface area contributed by atoms with Crippen molar-refractivity contribution < 1.29 is 0 Å². The van der Waals surface area contributed by atoms with Crippen LogP contribution in [0.3, 0.4) is 0 Å². The molecule has 0 bridgehead atoms. The van der Waals surface area contributed by atoms with Crippen molar-refractivity contribution in [1.82, 2.24) is 9.97 Å². The van der Waals surface area contributed by atoms with Gasteiger partial charge in [-0.25, -0.2) is 4.98 Å². The fourth-order valence-corrected chi connectivity index (χ4v) is 4.10. The SMILES string of the molecule is c1ccc2c(-c3ccc4c(n3)-c3cccc5cccc-4c35)nccc2c1. The molecule has 0 unspecified atom stereocenters. The lowest BCUT2D eigenvalue weighted by atomic mass is 10.0. The lowest BCUT2D eigenvalue weighted by Crippen LogP contribution is -1.91. The molecule has 5 aromatic rings. The van der Waals surface area contributed by atoms with E-state index in [0.29, 0.717) is 0 Å². The summed E-state index contributed by atoms with van der Waals surface area (Å²) < 4.78 is 0. The first kappa shape index (κ1) is 13.7. The number of rotatable bonds is 1. The highest BCUT2D eigenvalue weighted by molar-refractivity contribution is 6.14. The molecule has 0 atom stereocenters. The maximum Gasteiger partial charge on any atom is 0.0964 e. The molecule has 0 N–H and O–H groups in total. The van der Waals surface area contributed by atoms with Crippen LogP contribution in [0.1, 0.15) is 0 Å². The van der Waals surface area contributed by atoms with Crippen molar-refractivity contribution in [2.75, 3.05) is 0 Å². The van der Waals surface area contributed by atoms with Gasteiger partial charge in [-0.2, -0.15) is 0 Å². The Morgan fingerprint density at radius 3 is 2.27 bits per heavy atom. The van der Waals surface area contributed by atoms with E-state index in [2.05, 4.69) is 77.8 Å². The molecule has 0 fully saturated rings. The Morgan fingerprint density at radius 1 is 0.538 bits per heavy atom. The van der Waals surface area contributed by atoms with Crippen LogP contribution in [0.5, 0.6) is 0 Å². The molecule has 0 aliphatic heterocycles. The number of benzene rings is 3. The van der Waals surface area contributed by atoms with Crippen molar-refractivity contribution in [3.8, 4) is 33.8 Å². The third kappa shape index (κ3) is 1.76. The average Bonchev–Trinajstić information content (AvgIpc) is 3.03. The molecular formula is C24H14N2. The van der Waals surface area contributed by atoms with Crippen LogP contribution in [-0.4, -0.2) is 9.97 Å². The van der Waals surface area contributed by atoms with E-state index in [9.17, 15) is 0 Å². The van der Waals surface area contributed by atoms with Crippen LogP contribution in [0.4, 0.5) is 0 Å². The zero-order valence-corrected chi connectivity index (χ0v) is 14.0. The van der Waals surface area contributed by atoms with Gasteiger partial charge in [-0.15, -0.1) is 0 Å². The summed E-state index contributed by atoms with van der Waals surface area (Å²) in [6, 6.07) is 27.6. The molecular weight excluding hydrogens is 316 g/mol. The third-order valence-electron chi connectivity index (χ3n) is 5.26. The molecule has 2 heteroatoms. The van der Waals surface area contributed by atoms with Crippen molar-refractivity contribution in [3.05, 3.63) is 85.1 Å². The summed E-state index contributed by atoms with van der Waals surface area (Å²) >= 11 is 0. The summed E-state index contributed by atoms with van der Waals surface area (Å²) in [5, 5.41) is 4.89. The lowest BCUT2D eigenvalue weighted by molar-refractivity contribution is 1.27. The van der Waals surface area contributed by atoms with Gasteiger partial charge in [0.1, 0.15) is 0 Å². The van der Waals surface area contributed by atoms with E-state index >= 15 is 0 Å². The number of pyridine rings is 2. The molecule has 120 valence electrons. The Kier molecular flexibility index (Phi) is 2.64. The number of hydrogen-bond donors (Lipinski definition) is 0. The second kappa shape index (κ2) is 4.99. The van der Waals surface area contributed by atoms with E-state index in [1.54, 1.807) is 0 Å². The molecule has 0 radical (unpaired) electrons. The van der Waals surface area contributed by atoms with Gasteiger partial charge in [0.25, 0.3) is 0 Å². The van der Waals surface area contributed by atoms with Crippen molar-refractivity contribution in [1.29, 1.82) is 0 Å². The second-order valence-corrected chi connectivity index (χ2v) is 6.68. The Morgan fingerprint density at radius 2 is 1.35 bits per heavy atom. The van der Waals surface area contributed by atoms with Crippen LogP contribution in [0.2, 0.25) is 0 Å². The molecule has 2 aromatic heterocycles. The van der Waals surface area contributed by atoms with Gasteiger partial charge in [0, 0.05) is 22.7 Å². The summed E-state index contributed by atoms with van der Waals surface area (Å²) in [7, 11) is 0. The molecule has 0 saturated heterocycles. The Balaban J connectivity index is 1.65. The van der Waals surface area contributed by atoms with E-state index in [4.69, 9.17) is 4.98 Å². The largest absolute Gasteiger partial charge is 0.254 e. The molecule has 1 aliphatic rings. The average molecular weight is 330 g/mol. The summed E-state index contributed by atoms with van der Waals surface area (Å²) in [5.74, 6) is 0. The van der Waals surface area contributed by atoms with Crippen LogP contribution in [-0.2, 0) is 0 Å². The number of fused-ring (bicyclic) bond motifs is 4. The monoisotopic (exact) mass is 330 g/mol. The highest BCUT2D eigenvalue weighted by atomic mass is 14.8. The summed E-state index contributed by atoms with van der Waals surface area (Å²) in [6.07, 6.45) is 1.86. The quantitative estimate of drug-likeness (QED) is 0.364. The van der Waals surface area contributed by atoms with Crippen molar-refractivity contribution in [3.63, 3.8) is 0 Å². The summed E-state index contributed by atoms with van der Waals surface area (Å²) in [5.41, 5.74) is 6.62. The van der Waals surface area contributed by atoms with Gasteiger partial charge in [0.05, 0.1) is 17.1 Å². The zero-order chi connectivity index (χ0) is 17.1. The molecule has 0 saturated carbocycles. The maximum atomic E-state index is 5.05. The normalized spacial score (nSPS) is 11.8. The lowest BCUT2D eigenvalue weighted by Gasteiger charge is -2.08. The van der Waals surface area contributed by atoms with Crippen LogP contribution >= 0.6 is 0 Å². The fraction of sp³-hybridized carbons (Fsp3) is 0. The molecule has 1 aliphatic carbocycles. The first-order valence-electron chi connectivity index (χ1n) is 8.78. The smallest absolute Gasteiger partial charge is 0.0964 e. The topological polar surface area (TPSA) is 25.8 Å². The number of nitrogens with zero attached hydrogens (tertiary/aromatic N) is 2. The summed E-state index contributed by atoms with van der Waals surface area (Å²) in [6.45, 7) is 0. The van der Waals surface area contributed by atoms with Gasteiger partial charge >= 0.3 is 0 Å². The predicted molar refractivity (Wildman–Crippen MR) is 107 cm³/mol. The van der Waals surface area contributed by atoms with E-state index in [1.807, 2.05) is 12.3 Å². The van der Waals surface area contributed by atoms with E-state index < -0.39 is 0 Å². The van der Waals surface area contributed by atoms with Gasteiger partial charge < -0.3 is 0 Å². The van der Waals surface area contributed by atoms with Crippen LogP contribution in [0.25, 0.3) is 55.3 Å². The molecule has 0 amide bonds. The Bertz CT molecular complexity index is 1320. The van der Waals surface area contributed by atoms with Gasteiger partial charge in [0.2, 0.25) is 0 Å². The zero-order valence-electron chi connectivity index (χ0n) is 14.0. The van der Waals surface area contributed by atoms with Gasteiger partial charge in [-0.05, 0) is 39.9 Å². The van der Waals surface area contributed by atoms with Crippen molar-refractivity contribution in [2.24, 2.45) is 0 Å². The molecule has 2 nitrogen and oxygen atoms in total. The second-order valence-electron chi connectivity index (χ2n) is 6.68. The standard InChI is InChI=1S/C24H14N2/c1-2-8-17-15(5-1)13-14-25-24(17)21-12-11-19-18-9-3-6-16-7-4-10-20(22(16)18)23(19)26-21/h1-14H. The van der Waals surface area contributed by atoms with E-state index in [-0.39, 0.29) is 0 Å². The first-order valence-corrected chi connectivity index (χ1v) is 8.78. The highest BCUT2D eigenvalue weighted by Crippen LogP contribution is 2.46. The highest BCUT2D eigenvalue weighted by Gasteiger charge is 2.23. The minimum Gasteiger partial charge on any atom is -0.254 e. The van der Waals surface area contributed by atoms with Gasteiger partial charge in [-0.1, -0.05) is 60.7 Å². The van der Waals surface area contributed by atoms with Crippen LogP contribution in [0.15, 0.2) is 85.1 Å². The van der Waals surface area contributed by atoms with Crippen molar-refractivity contribution in [2.45, 2.75) is 0 Å². The van der Waals surface area contributed by atoms with Crippen LogP contribution in [0, 0.1) is 0 Å². The van der Waals surface area contributed by atoms with Gasteiger partial charge in [0.15, 0.2) is 0 Å². The van der Waals surface area contributed by atoms with Gasteiger partial charge in [-0.3, -0.25) is 4.98 Å². The Hall–Kier alpha value is -3.52. The number of aromatic nitrogens is 2. The fourth-order valence-electron chi connectivity index (χ4n) is 4.10. The molecule has 0 spiro atoms. The molecule has 6 rings (SSSR count). The maximum absolute atomic E-state index is 5.05. The number of hydrogen-bond acceptors (Lipinski definition) is 2. The predicted octanol–water partition coefficient (Wildman–Crippen LogP) is 6.10. The minimum atomic E-state index is 0.922. The molecule has 2 heterocycles.